The second-order valence-corrected chi connectivity index (χ2v) is 3.64. The molecular weight excluding hydrogens is 217 g/mol. The van der Waals surface area contributed by atoms with Crippen molar-refractivity contribution in [1.29, 1.82) is 0 Å². The van der Waals surface area contributed by atoms with E-state index < -0.39 is 5.82 Å². The van der Waals surface area contributed by atoms with Crippen LogP contribution in [0.4, 0.5) is 4.39 Å². The first-order valence-electron chi connectivity index (χ1n) is 4.63. The number of aryl methyl sites for hydroxylation is 1. The van der Waals surface area contributed by atoms with Crippen molar-refractivity contribution < 1.29 is 14.1 Å². The molecule has 1 heterocycles. The lowest BCUT2D eigenvalue weighted by atomic mass is 10.1. The molecule has 0 unspecified atom stereocenters. The van der Waals surface area contributed by atoms with Gasteiger partial charge < -0.3 is 5.11 Å². The number of pyridine rings is 1. The molecule has 0 radical (unpaired) electrons. The van der Waals surface area contributed by atoms with E-state index in [9.17, 15) is 9.50 Å². The van der Waals surface area contributed by atoms with Crippen LogP contribution in [0.15, 0.2) is 24.4 Å². The fourth-order valence-corrected chi connectivity index (χ4v) is 1.87. The van der Waals surface area contributed by atoms with Gasteiger partial charge in [0.25, 0.3) is 5.15 Å². The van der Waals surface area contributed by atoms with Crippen LogP contribution in [0.5, 0.6) is 5.75 Å². The van der Waals surface area contributed by atoms with Gasteiger partial charge in [0.15, 0.2) is 17.8 Å². The van der Waals surface area contributed by atoms with E-state index >= 15 is 0 Å². The molecule has 0 fully saturated rings. The van der Waals surface area contributed by atoms with Crippen LogP contribution in [0, 0.1) is 5.82 Å². The number of hydrogen-bond acceptors (Lipinski definition) is 1. The Bertz CT molecular complexity index is 527. The van der Waals surface area contributed by atoms with Crippen LogP contribution in [0.25, 0.3) is 10.8 Å². The third-order valence-electron chi connectivity index (χ3n) is 2.37. The quantitative estimate of drug-likeness (QED) is 0.587. The molecule has 0 saturated heterocycles. The molecule has 1 N–H and O–H groups in total. The fraction of sp³-hybridized carbons (Fsp3) is 0.182. The first kappa shape index (κ1) is 10.2. The van der Waals surface area contributed by atoms with Gasteiger partial charge in [0.1, 0.15) is 6.54 Å². The van der Waals surface area contributed by atoms with Gasteiger partial charge in [-0.15, -0.1) is 0 Å². The highest BCUT2D eigenvalue weighted by atomic mass is 35.5. The summed E-state index contributed by atoms with van der Waals surface area (Å²) in [5, 5.41) is 11.0. The molecule has 1 aromatic carbocycles. The van der Waals surface area contributed by atoms with E-state index in [4.69, 9.17) is 11.6 Å². The number of fused-ring (bicyclic) bond motifs is 1. The summed E-state index contributed by atoms with van der Waals surface area (Å²) >= 11 is 6.08. The van der Waals surface area contributed by atoms with Gasteiger partial charge in [0, 0.05) is 6.07 Å². The Balaban J connectivity index is 2.81. The van der Waals surface area contributed by atoms with Crippen LogP contribution in [-0.4, -0.2) is 5.11 Å². The number of nitrogens with zero attached hydrogens (tertiary/aromatic N) is 1. The maximum absolute atomic E-state index is 13.1. The molecule has 0 atom stereocenters. The van der Waals surface area contributed by atoms with E-state index in [0.29, 0.717) is 10.5 Å². The summed E-state index contributed by atoms with van der Waals surface area (Å²) in [5.74, 6) is -1.01. The number of hydrogen-bond donors (Lipinski definition) is 1. The normalized spacial score (nSPS) is 10.9. The van der Waals surface area contributed by atoms with E-state index in [0.717, 1.165) is 11.9 Å². The van der Waals surface area contributed by atoms with Crippen molar-refractivity contribution in [3.63, 3.8) is 0 Å². The van der Waals surface area contributed by atoms with Crippen LogP contribution in [-0.2, 0) is 6.54 Å². The summed E-state index contributed by atoms with van der Waals surface area (Å²) in [4.78, 5) is 0. The summed E-state index contributed by atoms with van der Waals surface area (Å²) < 4.78 is 15.0. The van der Waals surface area contributed by atoms with Crippen LogP contribution >= 0.6 is 11.6 Å². The van der Waals surface area contributed by atoms with Crippen LogP contribution in [0.1, 0.15) is 6.92 Å². The molecule has 0 aliphatic heterocycles. The van der Waals surface area contributed by atoms with Gasteiger partial charge in [-0.25, -0.2) is 4.39 Å². The van der Waals surface area contributed by atoms with Crippen LogP contribution < -0.4 is 4.57 Å². The number of halogens is 2. The predicted molar refractivity (Wildman–Crippen MR) is 56.4 cm³/mol. The van der Waals surface area contributed by atoms with Crippen molar-refractivity contribution in [2.24, 2.45) is 0 Å². The van der Waals surface area contributed by atoms with Gasteiger partial charge in [-0.3, -0.25) is 0 Å². The number of rotatable bonds is 1. The summed E-state index contributed by atoms with van der Waals surface area (Å²) in [6.45, 7) is 2.67. The molecule has 2 rings (SSSR count). The van der Waals surface area contributed by atoms with E-state index in [1.165, 1.54) is 12.1 Å². The SMILES string of the molecule is CC[n+]1ccc2cc(O)c(F)cc2c1Cl. The molecule has 0 aliphatic rings. The average Bonchev–Trinajstić information content (AvgIpc) is 2.22. The van der Waals surface area contributed by atoms with E-state index in [-0.39, 0.29) is 5.75 Å². The van der Waals surface area contributed by atoms with Crippen molar-refractivity contribution in [3.05, 3.63) is 35.4 Å². The summed E-state index contributed by atoms with van der Waals surface area (Å²) in [5.41, 5.74) is 0. The Morgan fingerprint density at radius 2 is 2.20 bits per heavy atom. The monoisotopic (exact) mass is 226 g/mol. The Labute approximate surface area is 91.5 Å². The minimum absolute atomic E-state index is 0.354. The first-order valence-corrected chi connectivity index (χ1v) is 5.01. The smallest absolute Gasteiger partial charge is 0.282 e. The van der Waals surface area contributed by atoms with Gasteiger partial charge in [0.2, 0.25) is 0 Å². The number of benzene rings is 1. The molecule has 4 heteroatoms. The van der Waals surface area contributed by atoms with Crippen molar-refractivity contribution in [1.82, 2.24) is 0 Å². The molecule has 0 aliphatic carbocycles. The number of phenols is 1. The third-order valence-corrected chi connectivity index (χ3v) is 2.79. The third kappa shape index (κ3) is 1.63. The zero-order chi connectivity index (χ0) is 11.0. The standard InChI is InChI=1S/C11H9ClFNO/c1-2-14-4-3-7-5-10(15)9(13)6-8(7)11(14)12/h3-6H,2H2,1H3/p+1. The summed E-state index contributed by atoms with van der Waals surface area (Å²) in [7, 11) is 0. The molecule has 1 aromatic heterocycles. The molecular formula is C11H10ClFNO+. The first-order chi connectivity index (χ1) is 7.13. The van der Waals surface area contributed by atoms with Crippen molar-refractivity contribution >= 4 is 22.4 Å². The molecule has 2 nitrogen and oxygen atoms in total. The number of phenolic OH excluding ortho intramolecular Hbond substituents is 1. The van der Waals surface area contributed by atoms with Crippen molar-refractivity contribution in [3.8, 4) is 5.75 Å². The molecule has 78 valence electrons. The van der Waals surface area contributed by atoms with Crippen LogP contribution in [0.3, 0.4) is 0 Å². The van der Waals surface area contributed by atoms with E-state index in [1.54, 1.807) is 10.6 Å². The summed E-state index contributed by atoms with van der Waals surface area (Å²) in [6, 6.07) is 4.42. The van der Waals surface area contributed by atoms with Gasteiger partial charge in [-0.2, -0.15) is 4.57 Å². The van der Waals surface area contributed by atoms with E-state index in [1.807, 2.05) is 13.1 Å². The largest absolute Gasteiger partial charge is 0.505 e. The van der Waals surface area contributed by atoms with Gasteiger partial charge >= 0.3 is 0 Å². The van der Waals surface area contributed by atoms with Gasteiger partial charge in [0.05, 0.1) is 5.39 Å². The maximum atomic E-state index is 13.1. The lowest BCUT2D eigenvalue weighted by Gasteiger charge is -2.02. The Morgan fingerprint density at radius 3 is 2.87 bits per heavy atom. The fourth-order valence-electron chi connectivity index (χ4n) is 1.53. The zero-order valence-electron chi connectivity index (χ0n) is 8.17. The highest BCUT2D eigenvalue weighted by Gasteiger charge is 2.13. The van der Waals surface area contributed by atoms with Crippen molar-refractivity contribution in [2.45, 2.75) is 13.5 Å². The molecule has 0 amide bonds. The second kappa shape index (κ2) is 3.66. The minimum Gasteiger partial charge on any atom is -0.505 e. The lowest BCUT2D eigenvalue weighted by molar-refractivity contribution is -0.690. The second-order valence-electron chi connectivity index (χ2n) is 3.28. The predicted octanol–water partition coefficient (Wildman–Crippen LogP) is 2.65. The average molecular weight is 227 g/mol. The lowest BCUT2D eigenvalue weighted by Crippen LogP contribution is -2.33. The molecule has 0 spiro atoms. The number of aromatic nitrogens is 1. The maximum Gasteiger partial charge on any atom is 0.282 e. The Morgan fingerprint density at radius 1 is 1.47 bits per heavy atom. The minimum atomic E-state index is -0.654. The molecule has 0 saturated carbocycles. The Kier molecular flexibility index (Phi) is 2.49. The molecule has 15 heavy (non-hydrogen) atoms. The van der Waals surface area contributed by atoms with Gasteiger partial charge in [-0.1, -0.05) is 0 Å². The highest BCUT2D eigenvalue weighted by Crippen LogP contribution is 2.26. The molecule has 0 bridgehead atoms. The van der Waals surface area contributed by atoms with E-state index in [2.05, 4.69) is 0 Å². The van der Waals surface area contributed by atoms with Crippen LogP contribution in [0.2, 0.25) is 5.15 Å². The molecule has 2 aromatic rings. The van der Waals surface area contributed by atoms with Gasteiger partial charge in [-0.05, 0) is 36.0 Å². The Hall–Kier alpha value is -1.35. The van der Waals surface area contributed by atoms with Crippen molar-refractivity contribution in [2.75, 3.05) is 0 Å². The highest BCUT2D eigenvalue weighted by molar-refractivity contribution is 6.33. The number of aromatic hydroxyl groups is 1. The summed E-state index contributed by atoms with van der Waals surface area (Å²) in [6.07, 6.45) is 1.81. The zero-order valence-corrected chi connectivity index (χ0v) is 8.92. The topological polar surface area (TPSA) is 24.1 Å².